The van der Waals surface area contributed by atoms with Crippen LogP contribution in [-0.2, 0) is 0 Å². The molecule has 0 bridgehead atoms. The Kier molecular flexibility index (Phi) is 6.52. The summed E-state index contributed by atoms with van der Waals surface area (Å²) in [5, 5.41) is 11.4. The molecular weight excluding hydrogens is 512 g/mol. The van der Waals surface area contributed by atoms with Crippen LogP contribution in [0, 0.1) is 11.3 Å². The van der Waals surface area contributed by atoms with E-state index in [0.717, 1.165) is 49.7 Å². The highest BCUT2D eigenvalue weighted by molar-refractivity contribution is 6.03. The molecule has 6 aromatic carbocycles. The lowest BCUT2D eigenvalue weighted by atomic mass is 9.91. The second-order valence-corrected chi connectivity index (χ2v) is 10.0. The van der Waals surface area contributed by atoms with E-state index in [9.17, 15) is 5.26 Å². The fourth-order valence-corrected chi connectivity index (χ4v) is 5.28. The highest BCUT2D eigenvalue weighted by Crippen LogP contribution is 2.39. The first-order valence-electron chi connectivity index (χ1n) is 13.8. The van der Waals surface area contributed by atoms with Gasteiger partial charge in [0.1, 0.15) is 0 Å². The molecule has 0 N–H and O–H groups in total. The summed E-state index contributed by atoms with van der Waals surface area (Å²) < 4.78 is 0. The number of nitriles is 1. The summed E-state index contributed by atoms with van der Waals surface area (Å²) >= 11 is 0. The summed E-state index contributed by atoms with van der Waals surface area (Å²) in [5.74, 6) is 1.88. The molecule has 196 valence electrons. The van der Waals surface area contributed by atoms with Crippen molar-refractivity contribution in [2.75, 3.05) is 0 Å². The molecule has 0 aliphatic carbocycles. The molecule has 1 aromatic heterocycles. The van der Waals surface area contributed by atoms with Crippen molar-refractivity contribution < 1.29 is 0 Å². The van der Waals surface area contributed by atoms with Crippen LogP contribution in [0.5, 0.6) is 0 Å². The highest BCUT2D eigenvalue weighted by atomic mass is 15.0. The van der Waals surface area contributed by atoms with E-state index in [1.165, 1.54) is 0 Å². The number of hydrogen-bond acceptors (Lipinski definition) is 4. The van der Waals surface area contributed by atoms with Crippen molar-refractivity contribution in [1.82, 2.24) is 15.0 Å². The number of aromatic nitrogens is 3. The minimum atomic E-state index is 0.623. The van der Waals surface area contributed by atoms with E-state index in [-0.39, 0.29) is 0 Å². The van der Waals surface area contributed by atoms with Gasteiger partial charge in [-0.05, 0) is 51.2 Å². The fraction of sp³-hybridized carbons (Fsp3) is 0. The lowest BCUT2D eigenvalue weighted by molar-refractivity contribution is 1.08. The summed E-state index contributed by atoms with van der Waals surface area (Å²) in [6.07, 6.45) is 0. The third kappa shape index (κ3) is 4.81. The van der Waals surface area contributed by atoms with Gasteiger partial charge in [-0.25, -0.2) is 15.0 Å². The van der Waals surface area contributed by atoms with Gasteiger partial charge in [-0.1, -0.05) is 127 Å². The monoisotopic (exact) mass is 536 g/mol. The van der Waals surface area contributed by atoms with Crippen molar-refractivity contribution in [1.29, 1.82) is 5.26 Å². The molecule has 4 heteroatoms. The molecule has 42 heavy (non-hydrogen) atoms. The molecule has 7 aromatic rings. The SMILES string of the molecule is N#Cc1ccc(-c2cccc(-c3ccc4ccccc4c3-c3nc(-c4ccccc4)nc(-c4ccccc4)n3)c2)cc1. The van der Waals surface area contributed by atoms with Gasteiger partial charge in [-0.15, -0.1) is 0 Å². The first-order valence-corrected chi connectivity index (χ1v) is 13.8. The van der Waals surface area contributed by atoms with Gasteiger partial charge in [-0.3, -0.25) is 0 Å². The fourth-order valence-electron chi connectivity index (χ4n) is 5.28. The minimum absolute atomic E-state index is 0.623. The third-order valence-electron chi connectivity index (χ3n) is 7.37. The number of nitrogens with zero attached hydrogens (tertiary/aromatic N) is 4. The average molecular weight is 537 g/mol. The van der Waals surface area contributed by atoms with Gasteiger partial charge in [0.25, 0.3) is 0 Å². The number of rotatable bonds is 5. The Hall–Kier alpha value is -5.92. The van der Waals surface area contributed by atoms with Gasteiger partial charge in [0.2, 0.25) is 0 Å². The molecule has 4 nitrogen and oxygen atoms in total. The minimum Gasteiger partial charge on any atom is -0.208 e. The second kappa shape index (κ2) is 10.9. The topological polar surface area (TPSA) is 62.5 Å². The van der Waals surface area contributed by atoms with Crippen molar-refractivity contribution in [3.05, 3.63) is 151 Å². The van der Waals surface area contributed by atoms with Gasteiger partial charge in [-0.2, -0.15) is 5.26 Å². The Bertz CT molecular complexity index is 2020. The zero-order valence-electron chi connectivity index (χ0n) is 22.6. The zero-order chi connectivity index (χ0) is 28.3. The van der Waals surface area contributed by atoms with Crippen LogP contribution < -0.4 is 0 Å². The molecule has 7 rings (SSSR count). The van der Waals surface area contributed by atoms with E-state index >= 15 is 0 Å². The first-order chi connectivity index (χ1) is 20.8. The van der Waals surface area contributed by atoms with Gasteiger partial charge >= 0.3 is 0 Å². The maximum absolute atomic E-state index is 9.24. The smallest absolute Gasteiger partial charge is 0.165 e. The molecule has 0 radical (unpaired) electrons. The number of benzene rings is 6. The summed E-state index contributed by atoms with van der Waals surface area (Å²) in [7, 11) is 0. The van der Waals surface area contributed by atoms with Crippen LogP contribution in [0.4, 0.5) is 0 Å². The summed E-state index contributed by atoms with van der Waals surface area (Å²) in [4.78, 5) is 15.1. The van der Waals surface area contributed by atoms with E-state index in [2.05, 4.69) is 66.7 Å². The molecular formula is C38H24N4. The lowest BCUT2D eigenvalue weighted by Crippen LogP contribution is -2.01. The largest absolute Gasteiger partial charge is 0.208 e. The van der Waals surface area contributed by atoms with Crippen LogP contribution in [0.15, 0.2) is 146 Å². The molecule has 0 saturated heterocycles. The molecule has 0 spiro atoms. The second-order valence-electron chi connectivity index (χ2n) is 10.0. The normalized spacial score (nSPS) is 10.8. The Morgan fingerprint density at radius 3 is 1.67 bits per heavy atom. The van der Waals surface area contributed by atoms with Crippen LogP contribution in [0.2, 0.25) is 0 Å². The molecule has 0 amide bonds. The van der Waals surface area contributed by atoms with Gasteiger partial charge in [0, 0.05) is 16.7 Å². The van der Waals surface area contributed by atoms with E-state index < -0.39 is 0 Å². The summed E-state index contributed by atoms with van der Waals surface area (Å²) in [6, 6.07) is 51.1. The van der Waals surface area contributed by atoms with Crippen molar-refractivity contribution in [2.45, 2.75) is 0 Å². The van der Waals surface area contributed by atoms with Crippen LogP contribution in [0.3, 0.4) is 0 Å². The number of fused-ring (bicyclic) bond motifs is 1. The quantitative estimate of drug-likeness (QED) is 0.220. The van der Waals surface area contributed by atoms with Crippen LogP contribution in [0.25, 0.3) is 67.2 Å². The van der Waals surface area contributed by atoms with Crippen molar-refractivity contribution in [3.8, 4) is 62.5 Å². The predicted octanol–water partition coefficient (Wildman–Crippen LogP) is 9.23. The molecule has 0 fully saturated rings. The van der Waals surface area contributed by atoms with Crippen LogP contribution >= 0.6 is 0 Å². The average Bonchev–Trinajstić information content (AvgIpc) is 3.08. The van der Waals surface area contributed by atoms with E-state index in [1.54, 1.807) is 0 Å². The summed E-state index contributed by atoms with van der Waals surface area (Å²) in [5.41, 5.74) is 7.68. The van der Waals surface area contributed by atoms with E-state index in [4.69, 9.17) is 15.0 Å². The zero-order valence-corrected chi connectivity index (χ0v) is 22.6. The Morgan fingerprint density at radius 2 is 1.00 bits per heavy atom. The standard InChI is InChI=1S/C38H24N4/c39-25-26-18-20-27(21-19-26)31-15-9-16-32(24-31)34-23-22-28-10-7-8-17-33(28)35(34)38-41-36(29-11-3-1-4-12-29)40-37(42-38)30-13-5-2-6-14-30/h1-24H. The maximum Gasteiger partial charge on any atom is 0.165 e. The van der Waals surface area contributed by atoms with Gasteiger partial charge in [0.15, 0.2) is 17.5 Å². The van der Waals surface area contributed by atoms with Crippen molar-refractivity contribution in [2.24, 2.45) is 0 Å². The van der Waals surface area contributed by atoms with Gasteiger partial charge < -0.3 is 0 Å². The number of hydrogen-bond donors (Lipinski definition) is 0. The first kappa shape index (κ1) is 25.1. The van der Waals surface area contributed by atoms with Crippen LogP contribution in [0.1, 0.15) is 5.56 Å². The third-order valence-corrected chi connectivity index (χ3v) is 7.37. The molecule has 0 aliphatic rings. The van der Waals surface area contributed by atoms with E-state index in [0.29, 0.717) is 23.0 Å². The lowest BCUT2D eigenvalue weighted by Gasteiger charge is -2.15. The maximum atomic E-state index is 9.24. The molecule has 0 aliphatic heterocycles. The molecule has 0 saturated carbocycles. The van der Waals surface area contributed by atoms with Crippen molar-refractivity contribution in [3.63, 3.8) is 0 Å². The predicted molar refractivity (Wildman–Crippen MR) is 169 cm³/mol. The Labute approximate surface area is 244 Å². The Morgan fingerprint density at radius 1 is 0.429 bits per heavy atom. The Balaban J connectivity index is 1.48. The van der Waals surface area contributed by atoms with Crippen molar-refractivity contribution >= 4 is 10.8 Å². The van der Waals surface area contributed by atoms with E-state index in [1.807, 2.05) is 84.9 Å². The molecule has 1 heterocycles. The van der Waals surface area contributed by atoms with Gasteiger partial charge in [0.05, 0.1) is 11.6 Å². The molecule has 0 unspecified atom stereocenters. The highest BCUT2D eigenvalue weighted by Gasteiger charge is 2.18. The van der Waals surface area contributed by atoms with Crippen LogP contribution in [-0.4, -0.2) is 15.0 Å². The molecule has 0 atom stereocenters. The summed E-state index contributed by atoms with van der Waals surface area (Å²) in [6.45, 7) is 0.